The third kappa shape index (κ3) is 2.99. The van der Waals surface area contributed by atoms with Gasteiger partial charge in [0.15, 0.2) is 0 Å². The molecule has 0 bridgehead atoms. The molecule has 4 heteroatoms. The van der Waals surface area contributed by atoms with Gasteiger partial charge in [0.2, 0.25) is 0 Å². The summed E-state index contributed by atoms with van der Waals surface area (Å²) in [5.74, 6) is 0. The van der Waals surface area contributed by atoms with Crippen LogP contribution in [0.1, 0.15) is 5.56 Å². The standard InChI is InChI=1S/C17H16ClN3/c18-17-10-16(7-6-14(17)8-9-19)21-12-15(11-20-21)13-4-2-1-3-5-13/h1-7,10-12H,8-9,19H2. The van der Waals surface area contributed by atoms with Crippen LogP contribution in [-0.2, 0) is 6.42 Å². The molecule has 21 heavy (non-hydrogen) atoms. The van der Waals surface area contributed by atoms with Gasteiger partial charge in [-0.3, -0.25) is 0 Å². The van der Waals surface area contributed by atoms with Crippen LogP contribution in [0.5, 0.6) is 0 Å². The Bertz CT molecular complexity index is 735. The lowest BCUT2D eigenvalue weighted by atomic mass is 10.1. The monoisotopic (exact) mass is 297 g/mol. The van der Waals surface area contributed by atoms with Crippen molar-refractivity contribution in [1.82, 2.24) is 9.78 Å². The number of hydrogen-bond acceptors (Lipinski definition) is 2. The minimum absolute atomic E-state index is 0.596. The summed E-state index contributed by atoms with van der Waals surface area (Å²) in [7, 11) is 0. The van der Waals surface area contributed by atoms with Crippen LogP contribution in [0.3, 0.4) is 0 Å². The summed E-state index contributed by atoms with van der Waals surface area (Å²) >= 11 is 6.29. The fourth-order valence-electron chi connectivity index (χ4n) is 2.28. The third-order valence-corrected chi connectivity index (χ3v) is 3.76. The molecule has 0 amide bonds. The predicted molar refractivity (Wildman–Crippen MR) is 86.8 cm³/mol. The first kappa shape index (κ1) is 13.9. The second-order valence-corrected chi connectivity index (χ2v) is 5.26. The van der Waals surface area contributed by atoms with Gasteiger partial charge in [0.25, 0.3) is 0 Å². The molecular weight excluding hydrogens is 282 g/mol. The van der Waals surface area contributed by atoms with Crippen molar-refractivity contribution in [2.24, 2.45) is 5.73 Å². The molecule has 0 spiro atoms. The summed E-state index contributed by atoms with van der Waals surface area (Å²) < 4.78 is 1.83. The van der Waals surface area contributed by atoms with Crippen molar-refractivity contribution in [2.45, 2.75) is 6.42 Å². The quantitative estimate of drug-likeness (QED) is 0.798. The van der Waals surface area contributed by atoms with Crippen LogP contribution in [0, 0.1) is 0 Å². The summed E-state index contributed by atoms with van der Waals surface area (Å²) in [5, 5.41) is 5.14. The second-order valence-electron chi connectivity index (χ2n) is 4.85. The van der Waals surface area contributed by atoms with E-state index in [1.807, 2.05) is 53.5 Å². The van der Waals surface area contributed by atoms with Crippen molar-refractivity contribution in [3.8, 4) is 16.8 Å². The normalized spacial score (nSPS) is 10.8. The Balaban J connectivity index is 1.91. The number of hydrogen-bond donors (Lipinski definition) is 1. The fraction of sp³-hybridized carbons (Fsp3) is 0.118. The van der Waals surface area contributed by atoms with Crippen LogP contribution in [0.2, 0.25) is 5.02 Å². The molecule has 0 aliphatic heterocycles. The molecular formula is C17H16ClN3. The van der Waals surface area contributed by atoms with Crippen molar-refractivity contribution in [1.29, 1.82) is 0 Å². The molecule has 1 heterocycles. The Labute approximate surface area is 129 Å². The molecule has 2 aromatic carbocycles. The van der Waals surface area contributed by atoms with E-state index in [9.17, 15) is 0 Å². The number of nitrogens with zero attached hydrogens (tertiary/aromatic N) is 2. The Morgan fingerprint density at radius 3 is 2.57 bits per heavy atom. The summed E-state index contributed by atoms with van der Waals surface area (Å²) in [4.78, 5) is 0. The fourth-order valence-corrected chi connectivity index (χ4v) is 2.55. The maximum absolute atomic E-state index is 6.29. The van der Waals surface area contributed by atoms with E-state index in [4.69, 9.17) is 17.3 Å². The molecule has 2 N–H and O–H groups in total. The summed E-state index contributed by atoms with van der Waals surface area (Å²) in [6, 6.07) is 16.1. The van der Waals surface area contributed by atoms with E-state index in [1.54, 1.807) is 0 Å². The van der Waals surface area contributed by atoms with Gasteiger partial charge in [-0.1, -0.05) is 48.0 Å². The first-order valence-corrected chi connectivity index (χ1v) is 7.24. The van der Waals surface area contributed by atoms with Gasteiger partial charge in [0, 0.05) is 16.8 Å². The van der Waals surface area contributed by atoms with Gasteiger partial charge in [-0.05, 0) is 36.2 Å². The van der Waals surface area contributed by atoms with E-state index in [-0.39, 0.29) is 0 Å². The molecule has 0 atom stereocenters. The topological polar surface area (TPSA) is 43.8 Å². The van der Waals surface area contributed by atoms with Crippen molar-refractivity contribution in [3.05, 3.63) is 71.5 Å². The molecule has 3 aromatic rings. The van der Waals surface area contributed by atoms with Gasteiger partial charge in [-0.2, -0.15) is 5.10 Å². The van der Waals surface area contributed by atoms with Gasteiger partial charge < -0.3 is 5.73 Å². The SMILES string of the molecule is NCCc1ccc(-n2cc(-c3ccccc3)cn2)cc1Cl. The molecule has 3 rings (SSSR count). The minimum atomic E-state index is 0.596. The average molecular weight is 298 g/mol. The van der Waals surface area contributed by atoms with Crippen LogP contribution in [-0.4, -0.2) is 16.3 Å². The zero-order chi connectivity index (χ0) is 14.7. The summed E-state index contributed by atoms with van der Waals surface area (Å²) in [5.41, 5.74) is 9.81. The van der Waals surface area contributed by atoms with Crippen LogP contribution in [0.25, 0.3) is 16.8 Å². The third-order valence-electron chi connectivity index (χ3n) is 3.40. The van der Waals surface area contributed by atoms with Gasteiger partial charge in [-0.25, -0.2) is 4.68 Å². The van der Waals surface area contributed by atoms with Gasteiger partial charge in [0.1, 0.15) is 0 Å². The Morgan fingerprint density at radius 1 is 1.05 bits per heavy atom. The van der Waals surface area contributed by atoms with Crippen LogP contribution in [0.15, 0.2) is 60.9 Å². The number of nitrogens with two attached hydrogens (primary N) is 1. The van der Waals surface area contributed by atoms with Crippen molar-refractivity contribution >= 4 is 11.6 Å². The highest BCUT2D eigenvalue weighted by Gasteiger charge is 2.06. The molecule has 106 valence electrons. The van der Waals surface area contributed by atoms with Crippen molar-refractivity contribution in [3.63, 3.8) is 0 Å². The highest BCUT2D eigenvalue weighted by atomic mass is 35.5. The van der Waals surface area contributed by atoms with Gasteiger partial charge in [-0.15, -0.1) is 0 Å². The lowest BCUT2D eigenvalue weighted by Crippen LogP contribution is -2.03. The Kier molecular flexibility index (Phi) is 4.04. The highest BCUT2D eigenvalue weighted by molar-refractivity contribution is 6.31. The molecule has 0 saturated carbocycles. The number of aromatic nitrogens is 2. The summed E-state index contributed by atoms with van der Waals surface area (Å²) in [6.45, 7) is 0.596. The van der Waals surface area contributed by atoms with Crippen molar-refractivity contribution in [2.75, 3.05) is 6.54 Å². The summed E-state index contributed by atoms with van der Waals surface area (Å²) in [6.07, 6.45) is 4.65. The molecule has 0 fully saturated rings. The van der Waals surface area contributed by atoms with Gasteiger partial charge in [0.05, 0.1) is 11.9 Å². The molecule has 0 radical (unpaired) electrons. The molecule has 0 saturated heterocycles. The maximum Gasteiger partial charge on any atom is 0.0660 e. The first-order chi connectivity index (χ1) is 10.3. The van der Waals surface area contributed by atoms with Crippen molar-refractivity contribution < 1.29 is 0 Å². The van der Waals surface area contributed by atoms with E-state index in [0.717, 1.165) is 33.8 Å². The molecule has 0 unspecified atom stereocenters. The highest BCUT2D eigenvalue weighted by Crippen LogP contribution is 2.23. The van der Waals surface area contributed by atoms with E-state index in [0.29, 0.717) is 6.54 Å². The number of rotatable bonds is 4. The van der Waals surface area contributed by atoms with E-state index in [2.05, 4.69) is 17.2 Å². The zero-order valence-electron chi connectivity index (χ0n) is 11.5. The molecule has 0 aliphatic carbocycles. The smallest absolute Gasteiger partial charge is 0.0660 e. The lowest BCUT2D eigenvalue weighted by molar-refractivity contribution is 0.877. The van der Waals surface area contributed by atoms with E-state index >= 15 is 0 Å². The van der Waals surface area contributed by atoms with Crippen LogP contribution < -0.4 is 5.73 Å². The van der Waals surface area contributed by atoms with Gasteiger partial charge >= 0.3 is 0 Å². The maximum atomic E-state index is 6.29. The number of benzene rings is 2. The zero-order valence-corrected chi connectivity index (χ0v) is 12.3. The lowest BCUT2D eigenvalue weighted by Gasteiger charge is -2.06. The molecule has 0 aliphatic rings. The molecule has 1 aromatic heterocycles. The average Bonchev–Trinajstić information content (AvgIpc) is 3.00. The largest absolute Gasteiger partial charge is 0.330 e. The van der Waals surface area contributed by atoms with E-state index < -0.39 is 0 Å². The minimum Gasteiger partial charge on any atom is -0.330 e. The van der Waals surface area contributed by atoms with Crippen LogP contribution in [0.4, 0.5) is 0 Å². The van der Waals surface area contributed by atoms with E-state index in [1.165, 1.54) is 0 Å². The van der Waals surface area contributed by atoms with Crippen LogP contribution >= 0.6 is 11.6 Å². The molecule has 3 nitrogen and oxygen atoms in total. The first-order valence-electron chi connectivity index (χ1n) is 6.87. The number of halogens is 1. The predicted octanol–water partition coefficient (Wildman–Crippen LogP) is 3.69. The Hall–Kier alpha value is -2.10. The Morgan fingerprint density at radius 2 is 1.86 bits per heavy atom. The second kappa shape index (κ2) is 6.12.